The van der Waals surface area contributed by atoms with E-state index in [9.17, 15) is 5.11 Å². The number of para-hydroxylation sites is 3. The Kier molecular flexibility index (Phi) is 28.2. The SMILES string of the molecule is C=C/C=C(O)\C=C/C.CC.CC(C)(c1ccc(O)cc1)c1ccc(OPOc2ccccc2)cc1.CC=CC.Oc1ccccc1.POc1ccccc1. The molecule has 0 fully saturated rings. The third-order valence-electron chi connectivity index (χ3n) is 6.82. The second kappa shape index (κ2) is 31.3. The van der Waals surface area contributed by atoms with E-state index in [0.29, 0.717) is 5.75 Å². The van der Waals surface area contributed by atoms with Gasteiger partial charge < -0.3 is 28.9 Å². The molecule has 2 unspecified atom stereocenters. The molecule has 5 aromatic rings. The molecule has 6 nitrogen and oxygen atoms in total. The molecule has 0 aliphatic heterocycles. The monoisotopic (exact) mass is 768 g/mol. The van der Waals surface area contributed by atoms with Crippen molar-refractivity contribution >= 4 is 18.5 Å². The summed E-state index contributed by atoms with van der Waals surface area (Å²) in [6.07, 6.45) is 10.4. The molecule has 0 spiro atoms. The average Bonchev–Trinajstić information content (AvgIpc) is 3.21. The first kappa shape index (κ1) is 48.7. The number of rotatable bonds is 9. The van der Waals surface area contributed by atoms with E-state index >= 15 is 0 Å². The smallest absolute Gasteiger partial charge is 0.275 e. The predicted molar refractivity (Wildman–Crippen MR) is 235 cm³/mol. The van der Waals surface area contributed by atoms with Gasteiger partial charge in [-0.25, -0.2) is 0 Å². The van der Waals surface area contributed by atoms with Crippen molar-refractivity contribution in [2.45, 2.75) is 53.9 Å². The maximum Gasteiger partial charge on any atom is 0.275 e. The van der Waals surface area contributed by atoms with Crippen LogP contribution in [-0.4, -0.2) is 15.3 Å². The first-order valence-corrected chi connectivity index (χ1v) is 18.8. The van der Waals surface area contributed by atoms with Crippen LogP contribution in [0.5, 0.6) is 28.7 Å². The highest BCUT2D eigenvalue weighted by Crippen LogP contribution is 2.34. The van der Waals surface area contributed by atoms with Gasteiger partial charge in [-0.2, -0.15) is 0 Å². The van der Waals surface area contributed by atoms with E-state index in [0.717, 1.165) is 22.8 Å². The van der Waals surface area contributed by atoms with Gasteiger partial charge in [0.15, 0.2) is 0 Å². The van der Waals surface area contributed by atoms with E-state index in [1.807, 2.05) is 138 Å². The van der Waals surface area contributed by atoms with Crippen LogP contribution in [0, 0.1) is 0 Å². The summed E-state index contributed by atoms with van der Waals surface area (Å²) in [5, 5.41) is 26.9. The number of hydrogen-bond acceptors (Lipinski definition) is 6. The number of benzene rings is 5. The van der Waals surface area contributed by atoms with Crippen molar-refractivity contribution in [3.63, 3.8) is 0 Å². The molecule has 0 bridgehead atoms. The lowest BCUT2D eigenvalue weighted by Crippen LogP contribution is -2.18. The van der Waals surface area contributed by atoms with Gasteiger partial charge in [-0.1, -0.05) is 137 Å². The Labute approximate surface area is 328 Å². The van der Waals surface area contributed by atoms with E-state index in [1.54, 1.807) is 48.6 Å². The van der Waals surface area contributed by atoms with Crippen LogP contribution in [0.1, 0.15) is 59.6 Å². The molecule has 0 heterocycles. The first-order valence-electron chi connectivity index (χ1n) is 17.5. The van der Waals surface area contributed by atoms with Gasteiger partial charge in [0.05, 0.1) is 9.47 Å². The van der Waals surface area contributed by atoms with Gasteiger partial charge in [-0.05, 0) is 105 Å². The second-order valence-electron chi connectivity index (χ2n) is 11.1. The summed E-state index contributed by atoms with van der Waals surface area (Å²) >= 11 is 0. The fourth-order valence-corrected chi connectivity index (χ4v) is 4.53. The Balaban J connectivity index is 0.000000787. The highest BCUT2D eigenvalue weighted by atomic mass is 31.1. The molecule has 0 saturated heterocycles. The molecule has 0 aliphatic carbocycles. The van der Waals surface area contributed by atoms with Crippen molar-refractivity contribution < 1.29 is 28.9 Å². The zero-order chi connectivity index (χ0) is 40.5. The summed E-state index contributed by atoms with van der Waals surface area (Å²) in [5.41, 5.74) is 2.17. The average molecular weight is 769 g/mol. The number of aliphatic hydroxyl groups is 1. The summed E-state index contributed by atoms with van der Waals surface area (Å²) in [4.78, 5) is 0. The Hall–Kier alpha value is -5.28. The molecule has 288 valence electrons. The largest absolute Gasteiger partial charge is 0.508 e. The fraction of sp³-hybridized carbons (Fsp3) is 0.174. The summed E-state index contributed by atoms with van der Waals surface area (Å²) in [5.74, 6) is 3.29. The van der Waals surface area contributed by atoms with Gasteiger partial charge in [0.2, 0.25) is 0 Å². The number of phenolic OH excluding ortho intramolecular Hbond substituents is 2. The van der Waals surface area contributed by atoms with Crippen molar-refractivity contribution in [3.05, 3.63) is 199 Å². The topological polar surface area (TPSA) is 88.4 Å². The van der Waals surface area contributed by atoms with Crippen LogP contribution in [0.3, 0.4) is 0 Å². The molecule has 0 aromatic heterocycles. The minimum absolute atomic E-state index is 0.0859. The van der Waals surface area contributed by atoms with E-state index in [1.165, 1.54) is 17.7 Å². The summed E-state index contributed by atoms with van der Waals surface area (Å²) in [6.45, 7) is 17.6. The zero-order valence-corrected chi connectivity index (χ0v) is 34.7. The highest BCUT2D eigenvalue weighted by molar-refractivity contribution is 7.27. The molecule has 0 amide bonds. The van der Waals surface area contributed by atoms with Gasteiger partial charge in [0, 0.05) is 5.41 Å². The van der Waals surface area contributed by atoms with Crippen LogP contribution in [0.15, 0.2) is 188 Å². The second-order valence-corrected chi connectivity index (χ2v) is 11.9. The Bertz CT molecular complexity index is 1700. The lowest BCUT2D eigenvalue weighted by molar-refractivity contribution is 0.432. The molecular weight excluding hydrogens is 710 g/mol. The van der Waals surface area contributed by atoms with Crippen molar-refractivity contribution in [1.29, 1.82) is 0 Å². The molecule has 54 heavy (non-hydrogen) atoms. The van der Waals surface area contributed by atoms with E-state index < -0.39 is 0 Å². The van der Waals surface area contributed by atoms with Crippen LogP contribution in [0.4, 0.5) is 0 Å². The van der Waals surface area contributed by atoms with Gasteiger partial charge in [0.1, 0.15) is 34.5 Å². The van der Waals surface area contributed by atoms with Gasteiger partial charge >= 0.3 is 0 Å². The molecule has 0 saturated carbocycles. The summed E-state index contributed by atoms with van der Waals surface area (Å²) < 4.78 is 16.1. The fourth-order valence-electron chi connectivity index (χ4n) is 3.86. The Morgan fingerprint density at radius 3 is 1.33 bits per heavy atom. The number of allylic oxidation sites excluding steroid dienone is 6. The van der Waals surface area contributed by atoms with Gasteiger partial charge in [-0.3, -0.25) is 0 Å². The minimum Gasteiger partial charge on any atom is -0.508 e. The zero-order valence-electron chi connectivity index (χ0n) is 32.6. The van der Waals surface area contributed by atoms with Crippen LogP contribution in [0.2, 0.25) is 0 Å². The molecular formula is C46H58O6P2. The molecule has 5 rings (SSSR count). The maximum absolute atomic E-state index is 9.47. The molecule has 0 radical (unpaired) electrons. The van der Waals surface area contributed by atoms with Crippen molar-refractivity contribution in [2.24, 2.45) is 0 Å². The number of hydrogen-bond donors (Lipinski definition) is 3. The maximum atomic E-state index is 9.47. The van der Waals surface area contributed by atoms with Crippen LogP contribution in [0.25, 0.3) is 0 Å². The number of aromatic hydroxyl groups is 2. The van der Waals surface area contributed by atoms with E-state index in [2.05, 4.69) is 42.0 Å². The number of phenols is 2. The lowest BCUT2D eigenvalue weighted by atomic mass is 9.78. The van der Waals surface area contributed by atoms with Crippen molar-refractivity contribution in [2.75, 3.05) is 0 Å². The third-order valence-corrected chi connectivity index (χ3v) is 7.73. The normalized spacial score (nSPS) is 10.4. The van der Waals surface area contributed by atoms with Crippen molar-refractivity contribution in [1.82, 2.24) is 0 Å². The third kappa shape index (κ3) is 22.6. The first-order chi connectivity index (χ1) is 26.1. The quantitative estimate of drug-likeness (QED) is 0.0599. The Morgan fingerprint density at radius 2 is 0.981 bits per heavy atom. The van der Waals surface area contributed by atoms with Crippen LogP contribution >= 0.6 is 18.5 Å². The lowest BCUT2D eigenvalue weighted by Gasteiger charge is -2.26. The van der Waals surface area contributed by atoms with Gasteiger partial charge in [0.25, 0.3) is 9.03 Å². The molecule has 8 heteroatoms. The molecule has 3 N–H and O–H groups in total. The summed E-state index contributed by atoms with van der Waals surface area (Å²) in [6, 6.07) is 43.3. The minimum atomic E-state index is -0.158. The van der Waals surface area contributed by atoms with E-state index in [-0.39, 0.29) is 26.0 Å². The van der Waals surface area contributed by atoms with Gasteiger partial charge in [-0.15, -0.1) is 0 Å². The van der Waals surface area contributed by atoms with Crippen LogP contribution in [-0.2, 0) is 5.41 Å². The van der Waals surface area contributed by atoms with Crippen LogP contribution < -0.4 is 13.6 Å². The molecule has 0 aliphatic rings. The highest BCUT2D eigenvalue weighted by Gasteiger charge is 2.23. The van der Waals surface area contributed by atoms with E-state index in [4.69, 9.17) is 23.8 Å². The summed E-state index contributed by atoms with van der Waals surface area (Å²) in [7, 11) is 2.11. The standard InChI is InChI=1S/C21H21O3P.C7H10O.C6H7OP.C6H6O.C4H8.C2H6/c1-21(2,16-8-12-18(22)13-9-16)17-10-14-20(15-11-17)24-25-23-19-6-4-3-5-7-19;1-3-5-7(8)6-4-2;8-7-6-4-2-1-3-5-6;7-6-4-2-1-3-5-6;1-3-4-2;1-2/h3-15,22,25H,1-2H3;3-6,8H,1H2,2H3;1-5H,8H2;1-5,7H;3-4H,1-2H3;1-2H3/b;6-4-,7-5+;;;;. The predicted octanol–water partition coefficient (Wildman–Crippen LogP) is 13.7. The molecule has 2 atom stereocenters. The number of aliphatic hydroxyl groups excluding tert-OH is 1. The van der Waals surface area contributed by atoms with Crippen molar-refractivity contribution in [3.8, 4) is 28.7 Å². The molecule has 5 aromatic carbocycles. The Morgan fingerprint density at radius 1 is 0.593 bits per heavy atom.